The van der Waals surface area contributed by atoms with E-state index in [1.807, 2.05) is 24.3 Å². The molecule has 3 rings (SSSR count). The zero-order chi connectivity index (χ0) is 11.1. The Kier molecular flexibility index (Phi) is 2.07. The standard InChI is InChI=1S/C13H14N2O/c14-13-9-3-1-2-4-11(9)15-12-7-8(16)5-6-10(12)13/h1-4,8,16H,5-7H2,(H2,14,15)/t8-/m0/s1. The zero-order valence-corrected chi connectivity index (χ0v) is 8.98. The van der Waals surface area contributed by atoms with E-state index in [0.29, 0.717) is 6.42 Å². The molecule has 16 heavy (non-hydrogen) atoms. The number of hydrogen-bond acceptors (Lipinski definition) is 3. The van der Waals surface area contributed by atoms with E-state index in [9.17, 15) is 5.11 Å². The van der Waals surface area contributed by atoms with Crippen molar-refractivity contribution in [3.05, 3.63) is 35.5 Å². The molecule has 3 heteroatoms. The van der Waals surface area contributed by atoms with Gasteiger partial charge in [0, 0.05) is 23.2 Å². The van der Waals surface area contributed by atoms with Crippen LogP contribution in [0, 0.1) is 0 Å². The van der Waals surface area contributed by atoms with Gasteiger partial charge in [0.15, 0.2) is 0 Å². The average Bonchev–Trinajstić information content (AvgIpc) is 2.29. The van der Waals surface area contributed by atoms with Crippen LogP contribution in [0.25, 0.3) is 10.9 Å². The highest BCUT2D eigenvalue weighted by atomic mass is 16.3. The number of nitrogens with zero attached hydrogens (tertiary/aromatic N) is 1. The smallest absolute Gasteiger partial charge is 0.0726 e. The van der Waals surface area contributed by atoms with Crippen molar-refractivity contribution in [3.8, 4) is 0 Å². The summed E-state index contributed by atoms with van der Waals surface area (Å²) in [7, 11) is 0. The van der Waals surface area contributed by atoms with Crippen LogP contribution in [0.3, 0.4) is 0 Å². The first-order valence-electron chi connectivity index (χ1n) is 5.60. The van der Waals surface area contributed by atoms with Crippen LogP contribution in [0.1, 0.15) is 17.7 Å². The molecule has 0 spiro atoms. The summed E-state index contributed by atoms with van der Waals surface area (Å²) in [4.78, 5) is 4.59. The molecule has 3 nitrogen and oxygen atoms in total. The van der Waals surface area contributed by atoms with Gasteiger partial charge < -0.3 is 10.8 Å². The third kappa shape index (κ3) is 1.36. The minimum Gasteiger partial charge on any atom is -0.398 e. The number of para-hydroxylation sites is 1. The fraction of sp³-hybridized carbons (Fsp3) is 0.308. The fourth-order valence-electron chi connectivity index (χ4n) is 2.41. The second kappa shape index (κ2) is 3.46. The molecule has 0 aliphatic heterocycles. The number of anilines is 1. The third-order valence-corrected chi connectivity index (χ3v) is 3.28. The summed E-state index contributed by atoms with van der Waals surface area (Å²) < 4.78 is 0. The van der Waals surface area contributed by atoms with Crippen LogP contribution in [0.15, 0.2) is 24.3 Å². The van der Waals surface area contributed by atoms with Gasteiger partial charge in [0.25, 0.3) is 0 Å². The van der Waals surface area contributed by atoms with Crippen molar-refractivity contribution >= 4 is 16.6 Å². The summed E-state index contributed by atoms with van der Waals surface area (Å²) in [5.41, 5.74) is 10.0. The van der Waals surface area contributed by atoms with Gasteiger partial charge in [-0.05, 0) is 24.5 Å². The van der Waals surface area contributed by atoms with Crippen molar-refractivity contribution < 1.29 is 5.11 Å². The second-order valence-corrected chi connectivity index (χ2v) is 4.36. The molecule has 0 bridgehead atoms. The Morgan fingerprint density at radius 3 is 3.00 bits per heavy atom. The van der Waals surface area contributed by atoms with Gasteiger partial charge in [0.2, 0.25) is 0 Å². The molecule has 1 aliphatic rings. The Morgan fingerprint density at radius 1 is 1.31 bits per heavy atom. The lowest BCUT2D eigenvalue weighted by Gasteiger charge is -2.22. The molecule has 0 saturated heterocycles. The van der Waals surface area contributed by atoms with Gasteiger partial charge in [-0.3, -0.25) is 4.98 Å². The Balaban J connectivity index is 2.29. The van der Waals surface area contributed by atoms with E-state index in [1.165, 1.54) is 0 Å². The van der Waals surface area contributed by atoms with E-state index >= 15 is 0 Å². The van der Waals surface area contributed by atoms with Crippen molar-refractivity contribution in [2.45, 2.75) is 25.4 Å². The minimum atomic E-state index is -0.263. The van der Waals surface area contributed by atoms with E-state index in [-0.39, 0.29) is 6.10 Å². The number of pyridine rings is 1. The summed E-state index contributed by atoms with van der Waals surface area (Å²) in [6, 6.07) is 7.90. The molecule has 2 aromatic rings. The number of aliphatic hydroxyl groups excluding tert-OH is 1. The zero-order valence-electron chi connectivity index (χ0n) is 8.98. The predicted octanol–water partition coefficient (Wildman–Crippen LogP) is 1.67. The lowest BCUT2D eigenvalue weighted by atomic mass is 9.91. The van der Waals surface area contributed by atoms with Gasteiger partial charge in [-0.1, -0.05) is 18.2 Å². The maximum Gasteiger partial charge on any atom is 0.0726 e. The van der Waals surface area contributed by atoms with Crippen LogP contribution in [-0.4, -0.2) is 16.2 Å². The molecular weight excluding hydrogens is 200 g/mol. The second-order valence-electron chi connectivity index (χ2n) is 4.36. The molecule has 1 heterocycles. The number of rotatable bonds is 0. The van der Waals surface area contributed by atoms with Gasteiger partial charge in [-0.15, -0.1) is 0 Å². The van der Waals surface area contributed by atoms with Crippen molar-refractivity contribution in [1.82, 2.24) is 4.98 Å². The van der Waals surface area contributed by atoms with E-state index in [4.69, 9.17) is 5.73 Å². The van der Waals surface area contributed by atoms with Crippen LogP contribution in [0.2, 0.25) is 0 Å². The number of hydrogen-bond donors (Lipinski definition) is 2. The summed E-state index contributed by atoms with van der Waals surface area (Å²) in [6.07, 6.45) is 1.99. The first-order valence-corrected chi connectivity index (χ1v) is 5.60. The van der Waals surface area contributed by atoms with E-state index in [0.717, 1.165) is 40.7 Å². The van der Waals surface area contributed by atoms with Crippen molar-refractivity contribution in [3.63, 3.8) is 0 Å². The van der Waals surface area contributed by atoms with E-state index in [1.54, 1.807) is 0 Å². The quantitative estimate of drug-likeness (QED) is 0.701. The molecule has 0 unspecified atom stereocenters. The summed E-state index contributed by atoms with van der Waals surface area (Å²) in [5.74, 6) is 0. The summed E-state index contributed by atoms with van der Waals surface area (Å²) in [5, 5.41) is 10.7. The Hall–Kier alpha value is -1.61. The SMILES string of the molecule is Nc1c2c(nc3ccccc13)C[C@@H](O)CC2. The maximum absolute atomic E-state index is 9.64. The highest BCUT2D eigenvalue weighted by molar-refractivity contribution is 5.92. The Bertz CT molecular complexity index is 551. The molecule has 1 atom stereocenters. The van der Waals surface area contributed by atoms with Gasteiger partial charge in [0.1, 0.15) is 0 Å². The average molecular weight is 214 g/mol. The fourth-order valence-corrected chi connectivity index (χ4v) is 2.41. The van der Waals surface area contributed by atoms with Crippen LogP contribution in [-0.2, 0) is 12.8 Å². The highest BCUT2D eigenvalue weighted by Gasteiger charge is 2.21. The maximum atomic E-state index is 9.64. The monoisotopic (exact) mass is 214 g/mol. The molecule has 82 valence electrons. The van der Waals surface area contributed by atoms with Gasteiger partial charge in [-0.25, -0.2) is 0 Å². The Morgan fingerprint density at radius 2 is 2.12 bits per heavy atom. The number of fused-ring (bicyclic) bond motifs is 2. The minimum absolute atomic E-state index is 0.263. The molecule has 0 saturated carbocycles. The first-order chi connectivity index (χ1) is 7.75. The van der Waals surface area contributed by atoms with E-state index < -0.39 is 0 Å². The normalized spacial score (nSPS) is 19.7. The molecule has 3 N–H and O–H groups in total. The first kappa shape index (κ1) is 9.60. The van der Waals surface area contributed by atoms with Crippen molar-refractivity contribution in [2.24, 2.45) is 0 Å². The van der Waals surface area contributed by atoms with Crippen LogP contribution in [0.5, 0.6) is 0 Å². The predicted molar refractivity (Wildman–Crippen MR) is 64.2 cm³/mol. The molecule has 1 aromatic carbocycles. The van der Waals surface area contributed by atoms with Crippen LogP contribution < -0.4 is 5.73 Å². The number of benzene rings is 1. The number of aliphatic hydroxyl groups is 1. The van der Waals surface area contributed by atoms with Crippen molar-refractivity contribution in [1.29, 1.82) is 0 Å². The summed E-state index contributed by atoms with van der Waals surface area (Å²) in [6.45, 7) is 0. The van der Waals surface area contributed by atoms with Crippen LogP contribution in [0.4, 0.5) is 5.69 Å². The number of aromatic nitrogens is 1. The van der Waals surface area contributed by atoms with Crippen molar-refractivity contribution in [2.75, 3.05) is 5.73 Å². The lowest BCUT2D eigenvalue weighted by molar-refractivity contribution is 0.157. The molecule has 0 amide bonds. The van der Waals surface area contributed by atoms with Gasteiger partial charge in [-0.2, -0.15) is 0 Å². The molecule has 1 aliphatic carbocycles. The number of nitrogen functional groups attached to an aromatic ring is 1. The van der Waals surface area contributed by atoms with Gasteiger partial charge in [0.05, 0.1) is 11.6 Å². The molecular formula is C13H14N2O. The highest BCUT2D eigenvalue weighted by Crippen LogP contribution is 2.30. The largest absolute Gasteiger partial charge is 0.398 e. The van der Waals surface area contributed by atoms with Crippen LogP contribution >= 0.6 is 0 Å². The summed E-state index contributed by atoms with van der Waals surface area (Å²) >= 11 is 0. The molecule has 0 fully saturated rings. The van der Waals surface area contributed by atoms with E-state index in [2.05, 4.69) is 4.98 Å². The van der Waals surface area contributed by atoms with Gasteiger partial charge >= 0.3 is 0 Å². The number of nitrogens with two attached hydrogens (primary N) is 1. The Labute approximate surface area is 93.9 Å². The third-order valence-electron chi connectivity index (χ3n) is 3.28. The topological polar surface area (TPSA) is 59.1 Å². The lowest BCUT2D eigenvalue weighted by Crippen LogP contribution is -2.21. The molecule has 0 radical (unpaired) electrons. The molecule has 1 aromatic heterocycles.